The number of ether oxygens (including phenoxy) is 2. The van der Waals surface area contributed by atoms with Gasteiger partial charge < -0.3 is 14.5 Å². The normalized spacial score (nSPS) is 11.1. The molecule has 24 heavy (non-hydrogen) atoms. The molecular weight excluding hydrogens is 326 g/mol. The number of aromatic amines is 1. The molecule has 0 fully saturated rings. The summed E-state index contributed by atoms with van der Waals surface area (Å²) in [5.41, 5.74) is 1.07. The monoisotopic (exact) mass is 341 g/mol. The van der Waals surface area contributed by atoms with Crippen molar-refractivity contribution in [1.82, 2.24) is 9.66 Å². The lowest BCUT2D eigenvalue weighted by atomic mass is 10.2. The summed E-state index contributed by atoms with van der Waals surface area (Å²) in [4.78, 5) is 15.5. The highest BCUT2D eigenvalue weighted by molar-refractivity contribution is 7.71. The molecule has 7 heteroatoms. The van der Waals surface area contributed by atoms with Crippen molar-refractivity contribution in [2.24, 2.45) is 5.10 Å². The Morgan fingerprint density at radius 2 is 1.96 bits per heavy atom. The van der Waals surface area contributed by atoms with E-state index in [0.717, 1.165) is 4.68 Å². The van der Waals surface area contributed by atoms with Crippen molar-refractivity contribution in [3.63, 3.8) is 0 Å². The van der Waals surface area contributed by atoms with Gasteiger partial charge in [-0.25, -0.2) is 0 Å². The van der Waals surface area contributed by atoms with Gasteiger partial charge in [-0.05, 0) is 42.5 Å². The Labute approximate surface area is 143 Å². The van der Waals surface area contributed by atoms with Crippen molar-refractivity contribution in [2.75, 3.05) is 14.2 Å². The first-order chi connectivity index (χ1) is 11.6. The maximum atomic E-state index is 12.6. The highest BCUT2D eigenvalue weighted by atomic mass is 32.1. The van der Waals surface area contributed by atoms with Crippen LogP contribution in [0.5, 0.6) is 11.5 Å². The summed E-state index contributed by atoms with van der Waals surface area (Å²) in [6, 6.07) is 12.5. The average Bonchev–Trinajstić information content (AvgIpc) is 2.61. The van der Waals surface area contributed by atoms with Crippen LogP contribution in [0.25, 0.3) is 10.9 Å². The number of rotatable bonds is 4. The predicted octanol–water partition coefficient (Wildman–Crippen LogP) is 2.96. The van der Waals surface area contributed by atoms with Crippen LogP contribution < -0.4 is 15.0 Å². The second kappa shape index (κ2) is 6.67. The lowest BCUT2D eigenvalue weighted by molar-refractivity contribution is 0.402. The Morgan fingerprint density at radius 3 is 2.71 bits per heavy atom. The average molecular weight is 341 g/mol. The number of fused-ring (bicyclic) bond motifs is 1. The maximum Gasteiger partial charge on any atom is 0.282 e. The van der Waals surface area contributed by atoms with Crippen LogP contribution in [-0.4, -0.2) is 30.1 Å². The largest absolute Gasteiger partial charge is 0.497 e. The van der Waals surface area contributed by atoms with Gasteiger partial charge in [-0.2, -0.15) is 9.78 Å². The topological polar surface area (TPSA) is 68.6 Å². The quantitative estimate of drug-likeness (QED) is 0.585. The van der Waals surface area contributed by atoms with Gasteiger partial charge in [-0.1, -0.05) is 12.1 Å². The molecule has 1 N–H and O–H groups in total. The summed E-state index contributed by atoms with van der Waals surface area (Å²) < 4.78 is 11.9. The third-order valence-electron chi connectivity index (χ3n) is 3.53. The number of nitrogens with one attached hydrogen (secondary N) is 1. The number of hydrogen-bond donors (Lipinski definition) is 1. The molecule has 3 aromatic rings. The second-order valence-electron chi connectivity index (χ2n) is 4.95. The van der Waals surface area contributed by atoms with Crippen LogP contribution in [0.2, 0.25) is 0 Å². The van der Waals surface area contributed by atoms with Gasteiger partial charge >= 0.3 is 0 Å². The molecular formula is C17H15N3O3S. The van der Waals surface area contributed by atoms with Crippen LogP contribution in [-0.2, 0) is 0 Å². The first-order valence-corrected chi connectivity index (χ1v) is 7.55. The van der Waals surface area contributed by atoms with E-state index >= 15 is 0 Å². The lowest BCUT2D eigenvalue weighted by Crippen LogP contribution is -2.18. The summed E-state index contributed by atoms with van der Waals surface area (Å²) in [6.07, 6.45) is 1.52. The van der Waals surface area contributed by atoms with Gasteiger partial charge in [-0.3, -0.25) is 4.79 Å². The van der Waals surface area contributed by atoms with Crippen LogP contribution in [0.4, 0.5) is 0 Å². The van der Waals surface area contributed by atoms with E-state index in [-0.39, 0.29) is 10.3 Å². The van der Waals surface area contributed by atoms with Crippen LogP contribution in [0.1, 0.15) is 5.56 Å². The van der Waals surface area contributed by atoms with Crippen molar-refractivity contribution >= 4 is 29.3 Å². The Kier molecular flexibility index (Phi) is 4.43. The Hall–Kier alpha value is -2.93. The Balaban J connectivity index is 2.12. The van der Waals surface area contributed by atoms with Gasteiger partial charge in [0, 0.05) is 5.56 Å². The first-order valence-electron chi connectivity index (χ1n) is 7.14. The van der Waals surface area contributed by atoms with E-state index in [2.05, 4.69) is 10.1 Å². The molecule has 0 radical (unpaired) electrons. The fourth-order valence-electron chi connectivity index (χ4n) is 2.32. The fourth-order valence-corrected chi connectivity index (χ4v) is 2.56. The maximum absolute atomic E-state index is 12.6. The van der Waals surface area contributed by atoms with Gasteiger partial charge in [0.25, 0.3) is 5.56 Å². The number of nitrogens with zero attached hydrogens (tertiary/aromatic N) is 2. The smallest absolute Gasteiger partial charge is 0.282 e. The Morgan fingerprint density at radius 1 is 1.17 bits per heavy atom. The standard InChI is InChI=1S/C17H15N3O3S/c1-22-12-7-8-15(23-2)11(9-12)10-18-20-16(21)13-5-3-4-6-14(13)19-17(20)24/h3-10H,1-2H3,(H,19,24)/b18-10+. The molecule has 0 amide bonds. The zero-order chi connectivity index (χ0) is 17.1. The number of H-pyrrole nitrogens is 1. The molecule has 0 spiro atoms. The number of benzene rings is 2. The lowest BCUT2D eigenvalue weighted by Gasteiger charge is -2.07. The van der Waals surface area contributed by atoms with Crippen molar-refractivity contribution in [1.29, 1.82) is 0 Å². The van der Waals surface area contributed by atoms with E-state index in [1.807, 2.05) is 6.07 Å². The van der Waals surface area contributed by atoms with Gasteiger partial charge in [0.15, 0.2) is 0 Å². The van der Waals surface area contributed by atoms with E-state index in [0.29, 0.717) is 28.0 Å². The molecule has 0 aliphatic carbocycles. The number of hydrogen-bond acceptors (Lipinski definition) is 5. The van der Waals surface area contributed by atoms with E-state index in [9.17, 15) is 4.79 Å². The van der Waals surface area contributed by atoms with E-state index in [1.165, 1.54) is 6.21 Å². The highest BCUT2D eigenvalue weighted by Gasteiger charge is 2.06. The summed E-state index contributed by atoms with van der Waals surface area (Å²) >= 11 is 5.23. The van der Waals surface area contributed by atoms with E-state index in [4.69, 9.17) is 21.7 Å². The Bertz CT molecular complexity index is 1040. The third kappa shape index (κ3) is 2.93. The van der Waals surface area contributed by atoms with Crippen LogP contribution in [0.3, 0.4) is 0 Å². The molecule has 1 aromatic heterocycles. The SMILES string of the molecule is COc1ccc(OC)c(/C=N/n2c(=S)[nH]c3ccccc3c2=O)c1. The van der Waals surface area contributed by atoms with Gasteiger partial charge in [0.1, 0.15) is 11.5 Å². The molecule has 0 saturated heterocycles. The van der Waals surface area contributed by atoms with E-state index < -0.39 is 0 Å². The summed E-state index contributed by atoms with van der Waals surface area (Å²) in [7, 11) is 3.14. The molecule has 0 atom stereocenters. The summed E-state index contributed by atoms with van der Waals surface area (Å²) in [5.74, 6) is 1.27. The summed E-state index contributed by atoms with van der Waals surface area (Å²) in [6.45, 7) is 0. The van der Waals surface area contributed by atoms with Crippen LogP contribution in [0, 0.1) is 4.77 Å². The molecule has 1 heterocycles. The molecule has 0 bridgehead atoms. The molecule has 0 aliphatic heterocycles. The second-order valence-corrected chi connectivity index (χ2v) is 5.33. The molecule has 0 aliphatic rings. The molecule has 122 valence electrons. The van der Waals surface area contributed by atoms with Crippen molar-refractivity contribution < 1.29 is 9.47 Å². The molecule has 2 aromatic carbocycles. The molecule has 0 unspecified atom stereocenters. The predicted molar refractivity (Wildman–Crippen MR) is 95.9 cm³/mol. The minimum Gasteiger partial charge on any atom is -0.497 e. The zero-order valence-electron chi connectivity index (χ0n) is 13.1. The number of aromatic nitrogens is 2. The van der Waals surface area contributed by atoms with Crippen LogP contribution >= 0.6 is 12.2 Å². The number of para-hydroxylation sites is 1. The highest BCUT2D eigenvalue weighted by Crippen LogP contribution is 2.22. The molecule has 3 rings (SSSR count). The summed E-state index contributed by atoms with van der Waals surface area (Å²) in [5, 5.41) is 4.73. The van der Waals surface area contributed by atoms with Gasteiger partial charge in [-0.15, -0.1) is 0 Å². The number of methoxy groups -OCH3 is 2. The van der Waals surface area contributed by atoms with Crippen molar-refractivity contribution in [3.8, 4) is 11.5 Å². The zero-order valence-corrected chi connectivity index (χ0v) is 14.0. The minimum atomic E-state index is -0.285. The minimum absolute atomic E-state index is 0.219. The van der Waals surface area contributed by atoms with Gasteiger partial charge in [0.2, 0.25) is 4.77 Å². The third-order valence-corrected chi connectivity index (χ3v) is 3.81. The van der Waals surface area contributed by atoms with Crippen molar-refractivity contribution in [2.45, 2.75) is 0 Å². The van der Waals surface area contributed by atoms with Gasteiger partial charge in [0.05, 0.1) is 31.3 Å². The fraction of sp³-hybridized carbons (Fsp3) is 0.118. The first kappa shape index (κ1) is 15.9. The molecule has 0 saturated carbocycles. The van der Waals surface area contributed by atoms with Crippen LogP contribution in [0.15, 0.2) is 52.4 Å². The molecule has 6 nitrogen and oxygen atoms in total. The van der Waals surface area contributed by atoms with Crippen molar-refractivity contribution in [3.05, 3.63) is 63.2 Å². The van der Waals surface area contributed by atoms with E-state index in [1.54, 1.807) is 50.6 Å².